The van der Waals surface area contributed by atoms with E-state index in [1.54, 1.807) is 0 Å². The molecule has 0 radical (unpaired) electrons. The smallest absolute Gasteiger partial charge is 0.158 e. The fourth-order valence-corrected chi connectivity index (χ4v) is 2.95. The first-order valence-electron chi connectivity index (χ1n) is 6.66. The second-order valence-corrected chi connectivity index (χ2v) is 5.57. The zero-order chi connectivity index (χ0) is 12.9. The Labute approximate surface area is 112 Å². The Morgan fingerprint density at radius 2 is 2.17 bits per heavy atom. The van der Waals surface area contributed by atoms with Crippen LogP contribution < -0.4 is 0 Å². The number of rotatable bonds is 4. The molecule has 3 rings (SSSR count). The number of halogens is 1. The van der Waals surface area contributed by atoms with E-state index in [1.807, 2.05) is 11.7 Å². The molecule has 2 atom stereocenters. The highest BCUT2D eigenvalue weighted by Gasteiger charge is 2.38. The van der Waals surface area contributed by atoms with Crippen LogP contribution in [0.1, 0.15) is 44.2 Å². The van der Waals surface area contributed by atoms with Crippen molar-refractivity contribution in [2.24, 2.45) is 13.0 Å². The Kier molecular flexibility index (Phi) is 2.85. The van der Waals surface area contributed by atoms with Crippen LogP contribution in [0.4, 0.5) is 0 Å². The van der Waals surface area contributed by atoms with Gasteiger partial charge in [0.15, 0.2) is 5.65 Å². The highest BCUT2D eigenvalue weighted by atomic mass is 35.5. The molecule has 0 aromatic carbocycles. The van der Waals surface area contributed by atoms with Crippen molar-refractivity contribution in [3.05, 3.63) is 11.5 Å². The first kappa shape index (κ1) is 12.0. The molecule has 1 aliphatic rings. The standard InChI is InChI=1S/C13H19ClN4/c1-4-5-9-12-13(17(3)16-9)18(10-6-8(10)2)11(7-14)15-12/h8,10H,4-7H2,1-3H3. The molecule has 4 nitrogen and oxygen atoms in total. The van der Waals surface area contributed by atoms with Gasteiger partial charge in [0, 0.05) is 13.1 Å². The molecule has 1 fully saturated rings. The second-order valence-electron chi connectivity index (χ2n) is 5.30. The average Bonchev–Trinajstić information content (AvgIpc) is 2.83. The first-order chi connectivity index (χ1) is 8.67. The minimum atomic E-state index is 0.476. The minimum absolute atomic E-state index is 0.476. The average molecular weight is 267 g/mol. The molecular formula is C13H19ClN4. The van der Waals surface area contributed by atoms with E-state index in [4.69, 9.17) is 16.6 Å². The lowest BCUT2D eigenvalue weighted by Gasteiger charge is -2.06. The van der Waals surface area contributed by atoms with Crippen molar-refractivity contribution in [3.63, 3.8) is 0 Å². The molecule has 2 heterocycles. The number of imidazole rings is 1. The summed E-state index contributed by atoms with van der Waals surface area (Å²) in [5.41, 5.74) is 3.30. The summed E-state index contributed by atoms with van der Waals surface area (Å²) in [5, 5.41) is 4.60. The maximum absolute atomic E-state index is 6.05. The molecule has 0 spiro atoms. The van der Waals surface area contributed by atoms with E-state index < -0.39 is 0 Å². The molecule has 1 aliphatic carbocycles. The van der Waals surface area contributed by atoms with Crippen molar-refractivity contribution in [1.82, 2.24) is 19.3 Å². The molecule has 2 aromatic heterocycles. The van der Waals surface area contributed by atoms with Crippen LogP contribution in [0.3, 0.4) is 0 Å². The topological polar surface area (TPSA) is 35.6 Å². The van der Waals surface area contributed by atoms with Gasteiger partial charge in [0.05, 0.1) is 11.6 Å². The quantitative estimate of drug-likeness (QED) is 0.798. The maximum atomic E-state index is 6.05. The van der Waals surface area contributed by atoms with Crippen LogP contribution in [-0.2, 0) is 19.3 Å². The molecule has 98 valence electrons. The van der Waals surface area contributed by atoms with Gasteiger partial charge in [-0.15, -0.1) is 11.6 Å². The molecule has 0 bridgehead atoms. The molecule has 0 saturated heterocycles. The van der Waals surface area contributed by atoms with Gasteiger partial charge < -0.3 is 4.57 Å². The summed E-state index contributed by atoms with van der Waals surface area (Å²) in [6, 6.07) is 0.564. The molecule has 1 saturated carbocycles. The number of aromatic nitrogens is 4. The van der Waals surface area contributed by atoms with Crippen LogP contribution in [-0.4, -0.2) is 19.3 Å². The van der Waals surface area contributed by atoms with E-state index in [0.29, 0.717) is 11.9 Å². The molecule has 5 heteroatoms. The number of hydrogen-bond acceptors (Lipinski definition) is 2. The lowest BCUT2D eigenvalue weighted by molar-refractivity contribution is 0.640. The molecule has 0 N–H and O–H groups in total. The number of aryl methyl sites for hydroxylation is 2. The Bertz CT molecular complexity index is 583. The van der Waals surface area contributed by atoms with Gasteiger partial charge >= 0.3 is 0 Å². The maximum Gasteiger partial charge on any atom is 0.158 e. The van der Waals surface area contributed by atoms with Crippen LogP contribution in [0.15, 0.2) is 0 Å². The largest absolute Gasteiger partial charge is 0.308 e. The van der Waals surface area contributed by atoms with Gasteiger partial charge in [0.1, 0.15) is 11.3 Å². The third kappa shape index (κ3) is 1.66. The molecule has 0 aliphatic heterocycles. The Morgan fingerprint density at radius 1 is 1.44 bits per heavy atom. The highest BCUT2D eigenvalue weighted by molar-refractivity contribution is 6.16. The van der Waals surface area contributed by atoms with Crippen molar-refractivity contribution in [2.75, 3.05) is 0 Å². The van der Waals surface area contributed by atoms with Crippen LogP contribution in [0.2, 0.25) is 0 Å². The normalized spacial score (nSPS) is 22.9. The Morgan fingerprint density at radius 3 is 2.72 bits per heavy atom. The van der Waals surface area contributed by atoms with Crippen molar-refractivity contribution < 1.29 is 0 Å². The predicted molar refractivity (Wildman–Crippen MR) is 72.9 cm³/mol. The van der Waals surface area contributed by atoms with E-state index in [-0.39, 0.29) is 0 Å². The van der Waals surface area contributed by atoms with Gasteiger partial charge in [-0.1, -0.05) is 20.3 Å². The molecule has 18 heavy (non-hydrogen) atoms. The third-order valence-corrected chi connectivity index (χ3v) is 4.05. The Balaban J connectivity index is 2.19. The minimum Gasteiger partial charge on any atom is -0.308 e. The zero-order valence-corrected chi connectivity index (χ0v) is 11.9. The van der Waals surface area contributed by atoms with E-state index >= 15 is 0 Å². The summed E-state index contributed by atoms with van der Waals surface area (Å²) in [4.78, 5) is 4.71. The highest BCUT2D eigenvalue weighted by Crippen LogP contribution is 2.45. The monoisotopic (exact) mass is 266 g/mol. The first-order valence-corrected chi connectivity index (χ1v) is 7.19. The summed E-state index contributed by atoms with van der Waals surface area (Å²) in [5.74, 6) is 2.20. The fourth-order valence-electron chi connectivity index (χ4n) is 2.76. The number of fused-ring (bicyclic) bond motifs is 1. The summed E-state index contributed by atoms with van der Waals surface area (Å²) >= 11 is 6.05. The van der Waals surface area contributed by atoms with Gasteiger partial charge in [-0.3, -0.25) is 4.68 Å². The van der Waals surface area contributed by atoms with Crippen molar-refractivity contribution in [3.8, 4) is 0 Å². The zero-order valence-electron chi connectivity index (χ0n) is 11.1. The summed E-state index contributed by atoms with van der Waals surface area (Å²) in [6.07, 6.45) is 3.30. The number of alkyl halides is 1. The van der Waals surface area contributed by atoms with Gasteiger partial charge in [-0.25, -0.2) is 4.98 Å². The van der Waals surface area contributed by atoms with Gasteiger partial charge in [-0.05, 0) is 18.8 Å². The van der Waals surface area contributed by atoms with Gasteiger partial charge in [0.25, 0.3) is 0 Å². The van der Waals surface area contributed by atoms with Crippen LogP contribution in [0, 0.1) is 5.92 Å². The van der Waals surface area contributed by atoms with Gasteiger partial charge in [-0.2, -0.15) is 5.10 Å². The van der Waals surface area contributed by atoms with Crippen LogP contribution in [0.5, 0.6) is 0 Å². The lowest BCUT2D eigenvalue weighted by atomic mass is 10.2. The van der Waals surface area contributed by atoms with E-state index in [0.717, 1.165) is 41.4 Å². The second kappa shape index (κ2) is 4.26. The molecular weight excluding hydrogens is 248 g/mol. The Hall–Kier alpha value is -1.03. The lowest BCUT2D eigenvalue weighted by Crippen LogP contribution is -2.05. The molecule has 2 aromatic rings. The number of hydrogen-bond donors (Lipinski definition) is 0. The van der Waals surface area contributed by atoms with Crippen molar-refractivity contribution in [2.45, 2.75) is 45.0 Å². The fraction of sp³-hybridized carbons (Fsp3) is 0.692. The summed E-state index contributed by atoms with van der Waals surface area (Å²) in [6.45, 7) is 4.45. The van der Waals surface area contributed by atoms with Gasteiger partial charge in [0.2, 0.25) is 0 Å². The molecule has 0 amide bonds. The van der Waals surface area contributed by atoms with Crippen molar-refractivity contribution >= 4 is 22.8 Å². The van der Waals surface area contributed by atoms with Crippen LogP contribution in [0.25, 0.3) is 11.2 Å². The van der Waals surface area contributed by atoms with Crippen LogP contribution >= 0.6 is 11.6 Å². The van der Waals surface area contributed by atoms with E-state index in [1.165, 1.54) is 6.42 Å². The predicted octanol–water partition coefficient (Wildman–Crippen LogP) is 3.04. The summed E-state index contributed by atoms with van der Waals surface area (Å²) in [7, 11) is 2.00. The summed E-state index contributed by atoms with van der Waals surface area (Å²) < 4.78 is 4.27. The van der Waals surface area contributed by atoms with E-state index in [9.17, 15) is 0 Å². The van der Waals surface area contributed by atoms with E-state index in [2.05, 4.69) is 23.5 Å². The third-order valence-electron chi connectivity index (χ3n) is 3.81. The van der Waals surface area contributed by atoms with Crippen molar-refractivity contribution in [1.29, 1.82) is 0 Å². The number of nitrogens with zero attached hydrogens (tertiary/aromatic N) is 4. The molecule has 2 unspecified atom stereocenters. The SMILES string of the molecule is CCCc1nn(C)c2c1nc(CCl)n2C1CC1C.